The van der Waals surface area contributed by atoms with E-state index in [1.54, 1.807) is 0 Å². The van der Waals surface area contributed by atoms with Crippen molar-refractivity contribution in [2.24, 2.45) is 5.73 Å². The van der Waals surface area contributed by atoms with Gasteiger partial charge in [-0.2, -0.15) is 11.8 Å². The number of hydrogen-bond donors (Lipinski definition) is 1. The number of likely N-dealkylation sites (tertiary alicyclic amines) is 1. The van der Waals surface area contributed by atoms with Gasteiger partial charge in [0.15, 0.2) is 0 Å². The van der Waals surface area contributed by atoms with Crippen molar-refractivity contribution in [1.29, 1.82) is 0 Å². The van der Waals surface area contributed by atoms with Crippen molar-refractivity contribution in [3.05, 3.63) is 0 Å². The lowest BCUT2D eigenvalue weighted by atomic mass is 9.81. The molecule has 2 aliphatic heterocycles. The standard InChI is InChI=1S/C14H28N2OS/c1-11-8-14(10-15,9-12(2)17-11)16-6-4-13(18-3)5-7-16/h11-13H,4-10,15H2,1-3H3. The molecular formula is C14H28N2OS. The monoisotopic (exact) mass is 272 g/mol. The highest BCUT2D eigenvalue weighted by Crippen LogP contribution is 2.36. The van der Waals surface area contributed by atoms with E-state index in [0.29, 0.717) is 12.2 Å². The third kappa shape index (κ3) is 3.03. The first kappa shape index (κ1) is 14.6. The normalized spacial score (nSPS) is 40.0. The fourth-order valence-corrected chi connectivity index (χ4v) is 4.45. The van der Waals surface area contributed by atoms with Gasteiger partial charge in [0.25, 0.3) is 0 Å². The second kappa shape index (κ2) is 6.12. The quantitative estimate of drug-likeness (QED) is 0.854. The second-order valence-corrected chi connectivity index (χ2v) is 7.15. The molecule has 0 saturated carbocycles. The molecule has 2 aliphatic rings. The van der Waals surface area contributed by atoms with Crippen LogP contribution < -0.4 is 5.73 Å². The molecule has 0 aliphatic carbocycles. The van der Waals surface area contributed by atoms with Crippen LogP contribution in [-0.4, -0.2) is 53.8 Å². The Morgan fingerprint density at radius 2 is 1.78 bits per heavy atom. The maximum Gasteiger partial charge on any atom is 0.0568 e. The van der Waals surface area contributed by atoms with E-state index in [2.05, 4.69) is 25.0 Å². The van der Waals surface area contributed by atoms with E-state index in [1.165, 1.54) is 25.9 Å². The summed E-state index contributed by atoms with van der Waals surface area (Å²) < 4.78 is 5.89. The minimum absolute atomic E-state index is 0.195. The van der Waals surface area contributed by atoms with E-state index in [9.17, 15) is 0 Å². The van der Waals surface area contributed by atoms with Gasteiger partial charge in [-0.05, 0) is 58.9 Å². The zero-order valence-electron chi connectivity index (χ0n) is 12.0. The van der Waals surface area contributed by atoms with Crippen molar-refractivity contribution in [3.8, 4) is 0 Å². The lowest BCUT2D eigenvalue weighted by Crippen LogP contribution is -2.61. The van der Waals surface area contributed by atoms with Crippen molar-refractivity contribution in [1.82, 2.24) is 4.90 Å². The minimum Gasteiger partial charge on any atom is -0.375 e. The molecule has 0 amide bonds. The molecule has 0 aromatic carbocycles. The molecule has 0 aromatic heterocycles. The molecule has 0 aromatic rings. The fraction of sp³-hybridized carbons (Fsp3) is 1.00. The molecule has 2 rings (SSSR count). The maximum atomic E-state index is 6.16. The van der Waals surface area contributed by atoms with E-state index in [0.717, 1.165) is 24.6 Å². The van der Waals surface area contributed by atoms with Gasteiger partial charge in [-0.25, -0.2) is 0 Å². The number of piperidine rings is 1. The average molecular weight is 272 g/mol. The summed E-state index contributed by atoms with van der Waals surface area (Å²) in [4.78, 5) is 2.66. The van der Waals surface area contributed by atoms with Crippen molar-refractivity contribution >= 4 is 11.8 Å². The number of nitrogens with two attached hydrogens (primary N) is 1. The Morgan fingerprint density at radius 1 is 1.22 bits per heavy atom. The molecule has 2 saturated heterocycles. The number of nitrogens with zero attached hydrogens (tertiary/aromatic N) is 1. The van der Waals surface area contributed by atoms with E-state index in [4.69, 9.17) is 10.5 Å². The minimum atomic E-state index is 0.195. The highest BCUT2D eigenvalue weighted by Gasteiger charge is 2.43. The van der Waals surface area contributed by atoms with E-state index in [-0.39, 0.29) is 5.54 Å². The zero-order valence-corrected chi connectivity index (χ0v) is 12.8. The van der Waals surface area contributed by atoms with Crippen LogP contribution in [0.2, 0.25) is 0 Å². The van der Waals surface area contributed by atoms with E-state index in [1.807, 2.05) is 11.8 Å². The molecule has 18 heavy (non-hydrogen) atoms. The van der Waals surface area contributed by atoms with E-state index < -0.39 is 0 Å². The van der Waals surface area contributed by atoms with Gasteiger partial charge in [-0.3, -0.25) is 4.90 Å². The molecule has 3 nitrogen and oxygen atoms in total. The molecule has 0 radical (unpaired) electrons. The molecule has 0 bridgehead atoms. The SMILES string of the molecule is CSC1CCN(C2(CN)CC(C)OC(C)C2)CC1. The van der Waals surface area contributed by atoms with Crippen LogP contribution in [0.1, 0.15) is 39.5 Å². The van der Waals surface area contributed by atoms with Crippen molar-refractivity contribution in [3.63, 3.8) is 0 Å². The lowest BCUT2D eigenvalue weighted by Gasteiger charge is -2.51. The molecule has 2 unspecified atom stereocenters. The van der Waals surface area contributed by atoms with Gasteiger partial charge in [-0.15, -0.1) is 0 Å². The Kier molecular flexibility index (Phi) is 4.98. The molecule has 0 spiro atoms. The predicted molar refractivity (Wildman–Crippen MR) is 79.1 cm³/mol. The summed E-state index contributed by atoms with van der Waals surface area (Å²) in [6.07, 6.45) is 7.73. The summed E-state index contributed by atoms with van der Waals surface area (Å²) in [5.41, 5.74) is 6.35. The van der Waals surface area contributed by atoms with Gasteiger partial charge < -0.3 is 10.5 Å². The van der Waals surface area contributed by atoms with Crippen LogP contribution in [0.15, 0.2) is 0 Å². The molecule has 2 atom stereocenters. The van der Waals surface area contributed by atoms with Crippen LogP contribution in [0, 0.1) is 0 Å². The zero-order chi connectivity index (χ0) is 13.2. The number of rotatable bonds is 3. The summed E-state index contributed by atoms with van der Waals surface area (Å²) in [6, 6.07) is 0. The summed E-state index contributed by atoms with van der Waals surface area (Å²) in [5.74, 6) is 0. The number of hydrogen-bond acceptors (Lipinski definition) is 4. The summed E-state index contributed by atoms with van der Waals surface area (Å²) >= 11 is 2.02. The predicted octanol–water partition coefficient (Wildman–Crippen LogP) is 2.10. The van der Waals surface area contributed by atoms with Crippen LogP contribution in [-0.2, 0) is 4.74 Å². The van der Waals surface area contributed by atoms with Crippen LogP contribution in [0.5, 0.6) is 0 Å². The highest BCUT2D eigenvalue weighted by atomic mass is 32.2. The van der Waals surface area contributed by atoms with Gasteiger partial charge in [0.1, 0.15) is 0 Å². The van der Waals surface area contributed by atoms with Crippen molar-refractivity contribution in [2.75, 3.05) is 25.9 Å². The first-order valence-electron chi connectivity index (χ1n) is 7.23. The van der Waals surface area contributed by atoms with Crippen molar-refractivity contribution < 1.29 is 4.74 Å². The first-order chi connectivity index (χ1) is 8.59. The first-order valence-corrected chi connectivity index (χ1v) is 8.52. The lowest BCUT2D eigenvalue weighted by molar-refractivity contribution is -0.106. The average Bonchev–Trinajstić information content (AvgIpc) is 2.37. The Hall–Kier alpha value is 0.230. The molecule has 106 valence electrons. The van der Waals surface area contributed by atoms with Gasteiger partial charge in [0.2, 0.25) is 0 Å². The molecule has 2 heterocycles. The van der Waals surface area contributed by atoms with Gasteiger partial charge in [-0.1, -0.05) is 0 Å². The van der Waals surface area contributed by atoms with E-state index >= 15 is 0 Å². The van der Waals surface area contributed by atoms with Gasteiger partial charge in [0, 0.05) is 17.3 Å². The Balaban J connectivity index is 2.03. The summed E-state index contributed by atoms with van der Waals surface area (Å²) in [7, 11) is 0. The third-order valence-corrected chi connectivity index (χ3v) is 5.76. The topological polar surface area (TPSA) is 38.5 Å². The molecule has 4 heteroatoms. The second-order valence-electron chi connectivity index (χ2n) is 6.02. The Morgan fingerprint density at radius 3 is 2.22 bits per heavy atom. The molecular weight excluding hydrogens is 244 g/mol. The Bertz CT molecular complexity index is 257. The largest absolute Gasteiger partial charge is 0.375 e. The summed E-state index contributed by atoms with van der Waals surface area (Å²) in [6.45, 7) is 7.57. The van der Waals surface area contributed by atoms with Crippen LogP contribution >= 0.6 is 11.8 Å². The van der Waals surface area contributed by atoms with Crippen LogP contribution in [0.25, 0.3) is 0 Å². The van der Waals surface area contributed by atoms with Crippen LogP contribution in [0.4, 0.5) is 0 Å². The van der Waals surface area contributed by atoms with Gasteiger partial charge >= 0.3 is 0 Å². The van der Waals surface area contributed by atoms with Crippen LogP contribution in [0.3, 0.4) is 0 Å². The van der Waals surface area contributed by atoms with Crippen molar-refractivity contribution in [2.45, 2.75) is 62.5 Å². The number of ether oxygens (including phenoxy) is 1. The Labute approximate surface area is 116 Å². The maximum absolute atomic E-state index is 6.16. The summed E-state index contributed by atoms with van der Waals surface area (Å²) in [5, 5.41) is 0.853. The highest BCUT2D eigenvalue weighted by molar-refractivity contribution is 7.99. The van der Waals surface area contributed by atoms with Gasteiger partial charge in [0.05, 0.1) is 12.2 Å². The molecule has 2 fully saturated rings. The third-order valence-electron chi connectivity index (χ3n) is 4.63. The fourth-order valence-electron chi connectivity index (χ4n) is 3.77. The molecule has 2 N–H and O–H groups in total. The number of thioether (sulfide) groups is 1. The smallest absolute Gasteiger partial charge is 0.0568 e.